The molecule has 0 aromatic heterocycles. The summed E-state index contributed by atoms with van der Waals surface area (Å²) in [6.07, 6.45) is -0.555. The van der Waals surface area contributed by atoms with Gasteiger partial charge in [0, 0.05) is 13.5 Å². The number of rotatable bonds is 9. The number of hydrogen-bond donors (Lipinski definition) is 2. The molecule has 2 atom stereocenters. The zero-order chi connectivity index (χ0) is 26.9. The van der Waals surface area contributed by atoms with Crippen molar-refractivity contribution in [2.45, 2.75) is 51.8 Å². The van der Waals surface area contributed by atoms with E-state index in [1.807, 2.05) is 49.4 Å². The summed E-state index contributed by atoms with van der Waals surface area (Å²) < 4.78 is 9.98. The highest BCUT2D eigenvalue weighted by atomic mass is 16.6. The molecule has 9 nitrogen and oxygen atoms in total. The van der Waals surface area contributed by atoms with Gasteiger partial charge in [-0.1, -0.05) is 54.6 Å². The summed E-state index contributed by atoms with van der Waals surface area (Å²) in [6, 6.07) is 14.3. The summed E-state index contributed by atoms with van der Waals surface area (Å²) in [5.41, 5.74) is 1.44. The molecule has 0 saturated heterocycles. The van der Waals surface area contributed by atoms with Crippen molar-refractivity contribution in [3.8, 4) is 0 Å². The Kier molecular flexibility index (Phi) is 10.0. The van der Waals surface area contributed by atoms with E-state index in [0.717, 1.165) is 11.1 Å². The maximum absolute atomic E-state index is 13.8. The number of hydrogen-bond acceptors (Lipinski definition) is 6. The molecule has 0 saturated carbocycles. The van der Waals surface area contributed by atoms with Gasteiger partial charge in [-0.05, 0) is 44.4 Å². The van der Waals surface area contributed by atoms with E-state index in [9.17, 15) is 19.2 Å². The van der Waals surface area contributed by atoms with E-state index in [2.05, 4.69) is 15.4 Å². The first kappa shape index (κ1) is 28.4. The van der Waals surface area contributed by atoms with E-state index in [1.165, 1.54) is 19.1 Å². The monoisotopic (exact) mass is 497 g/mol. The minimum absolute atomic E-state index is 0.188. The molecule has 3 amide bonds. The molecule has 2 aromatic carbocycles. The third-order valence-corrected chi connectivity index (χ3v) is 5.37. The lowest BCUT2D eigenvalue weighted by Gasteiger charge is -2.32. The lowest BCUT2D eigenvalue weighted by molar-refractivity contribution is -0.143. The fourth-order valence-electron chi connectivity index (χ4n) is 3.62. The molecule has 9 heteroatoms. The van der Waals surface area contributed by atoms with Crippen LogP contribution in [-0.4, -0.2) is 61.1 Å². The summed E-state index contributed by atoms with van der Waals surface area (Å²) in [6.45, 7) is 6.67. The molecule has 0 aliphatic rings. The standard InChI is InChI=1S/C27H35N3O6/c1-18-12-10-11-15-20(18)23(24(32)28-17-22(31)35-6)30(5)25(33)21(16-19-13-8-7-9-14-19)29-26(34)36-27(2,3)4/h7-15,21,23H,16-17H2,1-6H3,(H,28,32)(H,29,34). The van der Waals surface area contributed by atoms with Crippen molar-refractivity contribution < 1.29 is 28.7 Å². The number of nitrogens with zero attached hydrogens (tertiary/aromatic N) is 1. The van der Waals surface area contributed by atoms with Crippen molar-refractivity contribution in [1.29, 1.82) is 0 Å². The Morgan fingerprint density at radius 1 is 0.972 bits per heavy atom. The first-order valence-corrected chi connectivity index (χ1v) is 11.6. The molecule has 0 heterocycles. The highest BCUT2D eigenvalue weighted by Gasteiger charge is 2.35. The Labute approximate surface area is 212 Å². The number of ether oxygens (including phenoxy) is 2. The molecular weight excluding hydrogens is 462 g/mol. The van der Waals surface area contributed by atoms with Gasteiger partial charge in [0.25, 0.3) is 0 Å². The van der Waals surface area contributed by atoms with E-state index in [4.69, 9.17) is 4.74 Å². The summed E-state index contributed by atoms with van der Waals surface area (Å²) >= 11 is 0. The smallest absolute Gasteiger partial charge is 0.408 e. The van der Waals surface area contributed by atoms with Crippen LogP contribution in [0.2, 0.25) is 0 Å². The minimum atomic E-state index is -1.05. The predicted molar refractivity (Wildman–Crippen MR) is 135 cm³/mol. The molecule has 194 valence electrons. The Balaban J connectivity index is 2.39. The first-order valence-electron chi connectivity index (χ1n) is 11.6. The third kappa shape index (κ3) is 8.41. The number of likely N-dealkylation sites (N-methyl/N-ethyl adjacent to an activating group) is 1. The fraction of sp³-hybridized carbons (Fsp3) is 0.407. The van der Waals surface area contributed by atoms with Crippen molar-refractivity contribution in [2.75, 3.05) is 20.7 Å². The van der Waals surface area contributed by atoms with Gasteiger partial charge in [0.15, 0.2) is 0 Å². The van der Waals surface area contributed by atoms with Crippen molar-refractivity contribution >= 4 is 23.9 Å². The number of nitrogens with one attached hydrogen (secondary N) is 2. The van der Waals surface area contributed by atoms with E-state index < -0.39 is 41.6 Å². The molecule has 2 rings (SSSR count). The average molecular weight is 498 g/mol. The Morgan fingerprint density at radius 3 is 2.17 bits per heavy atom. The Morgan fingerprint density at radius 2 is 1.58 bits per heavy atom. The normalized spacial score (nSPS) is 12.6. The largest absolute Gasteiger partial charge is 0.468 e. The molecule has 0 aliphatic heterocycles. The molecule has 0 bridgehead atoms. The lowest BCUT2D eigenvalue weighted by atomic mass is 9.97. The van der Waals surface area contributed by atoms with Gasteiger partial charge >= 0.3 is 12.1 Å². The molecule has 0 radical (unpaired) electrons. The summed E-state index contributed by atoms with van der Waals surface area (Å²) in [5.74, 6) is -1.66. The van der Waals surface area contributed by atoms with E-state index >= 15 is 0 Å². The second-order valence-electron chi connectivity index (χ2n) is 9.39. The zero-order valence-electron chi connectivity index (χ0n) is 21.7. The second-order valence-corrected chi connectivity index (χ2v) is 9.39. The van der Waals surface area contributed by atoms with Crippen LogP contribution in [0.1, 0.15) is 43.5 Å². The van der Waals surface area contributed by atoms with Crippen molar-refractivity contribution in [1.82, 2.24) is 15.5 Å². The summed E-state index contributed by atoms with van der Waals surface area (Å²) in [7, 11) is 2.71. The zero-order valence-corrected chi connectivity index (χ0v) is 21.7. The van der Waals surface area contributed by atoms with Gasteiger partial charge < -0.3 is 25.0 Å². The second kappa shape index (κ2) is 12.7. The molecule has 2 aromatic rings. The predicted octanol–water partition coefficient (Wildman–Crippen LogP) is 2.92. The van der Waals surface area contributed by atoms with Crippen LogP contribution in [-0.2, 0) is 30.3 Å². The van der Waals surface area contributed by atoms with Gasteiger partial charge in [-0.15, -0.1) is 0 Å². The van der Waals surface area contributed by atoms with Crippen LogP contribution in [0.25, 0.3) is 0 Å². The van der Waals surface area contributed by atoms with Crippen LogP contribution in [0.15, 0.2) is 54.6 Å². The quantitative estimate of drug-likeness (QED) is 0.515. The van der Waals surface area contributed by atoms with Crippen LogP contribution in [0, 0.1) is 6.92 Å². The van der Waals surface area contributed by atoms with Gasteiger partial charge in [-0.25, -0.2) is 4.79 Å². The number of carbonyl (C=O) groups is 4. The Hall–Kier alpha value is -3.88. The molecular formula is C27H35N3O6. The van der Waals surface area contributed by atoms with Gasteiger partial charge in [0.05, 0.1) is 7.11 Å². The fourth-order valence-corrected chi connectivity index (χ4v) is 3.62. The van der Waals surface area contributed by atoms with Crippen LogP contribution in [0.5, 0.6) is 0 Å². The summed E-state index contributed by atoms with van der Waals surface area (Å²) in [5, 5.41) is 5.20. The average Bonchev–Trinajstić information content (AvgIpc) is 2.82. The van der Waals surface area contributed by atoms with Gasteiger partial charge in [0.1, 0.15) is 24.2 Å². The van der Waals surface area contributed by atoms with Crippen molar-refractivity contribution in [2.24, 2.45) is 0 Å². The van der Waals surface area contributed by atoms with Crippen LogP contribution >= 0.6 is 0 Å². The SMILES string of the molecule is COC(=O)CNC(=O)C(c1ccccc1C)N(C)C(=O)C(Cc1ccccc1)NC(=O)OC(C)(C)C. The van der Waals surface area contributed by atoms with Crippen LogP contribution in [0.3, 0.4) is 0 Å². The maximum Gasteiger partial charge on any atom is 0.408 e. The lowest BCUT2D eigenvalue weighted by Crippen LogP contribution is -2.52. The van der Waals surface area contributed by atoms with E-state index in [0.29, 0.717) is 5.56 Å². The number of carbonyl (C=O) groups excluding carboxylic acids is 4. The van der Waals surface area contributed by atoms with E-state index in [1.54, 1.807) is 32.9 Å². The van der Waals surface area contributed by atoms with Gasteiger partial charge in [0.2, 0.25) is 11.8 Å². The Bertz CT molecular complexity index is 1060. The maximum atomic E-state index is 13.8. The molecule has 2 unspecified atom stereocenters. The highest BCUT2D eigenvalue weighted by Crippen LogP contribution is 2.24. The topological polar surface area (TPSA) is 114 Å². The molecule has 0 fully saturated rings. The molecule has 2 N–H and O–H groups in total. The minimum Gasteiger partial charge on any atom is -0.468 e. The number of methoxy groups -OCH3 is 1. The number of aryl methyl sites for hydroxylation is 1. The third-order valence-electron chi connectivity index (χ3n) is 5.37. The number of benzene rings is 2. The van der Waals surface area contributed by atoms with Crippen LogP contribution < -0.4 is 10.6 Å². The first-order chi connectivity index (χ1) is 16.9. The highest BCUT2D eigenvalue weighted by molar-refractivity contribution is 5.93. The molecule has 0 spiro atoms. The number of alkyl carbamates (subject to hydrolysis) is 1. The van der Waals surface area contributed by atoms with Gasteiger partial charge in [-0.3, -0.25) is 14.4 Å². The van der Waals surface area contributed by atoms with Crippen LogP contribution in [0.4, 0.5) is 4.79 Å². The number of esters is 1. The van der Waals surface area contributed by atoms with Gasteiger partial charge in [-0.2, -0.15) is 0 Å². The van der Waals surface area contributed by atoms with E-state index in [-0.39, 0.29) is 13.0 Å². The van der Waals surface area contributed by atoms with Crippen molar-refractivity contribution in [3.05, 3.63) is 71.3 Å². The number of amides is 3. The van der Waals surface area contributed by atoms with Crippen molar-refractivity contribution in [3.63, 3.8) is 0 Å². The molecule has 0 aliphatic carbocycles. The molecule has 36 heavy (non-hydrogen) atoms. The summed E-state index contributed by atoms with van der Waals surface area (Å²) in [4.78, 5) is 52.5.